The highest BCUT2D eigenvalue weighted by Crippen LogP contribution is 2.07. The van der Waals surface area contributed by atoms with Gasteiger partial charge in [-0.3, -0.25) is 4.79 Å². The smallest absolute Gasteiger partial charge is 0.305 e. The molecular formula is C23H40O2. The van der Waals surface area contributed by atoms with Crippen LogP contribution >= 0.6 is 0 Å². The van der Waals surface area contributed by atoms with Gasteiger partial charge in [0.15, 0.2) is 0 Å². The van der Waals surface area contributed by atoms with E-state index in [9.17, 15) is 4.79 Å². The first-order valence-corrected chi connectivity index (χ1v) is 10.4. The molecule has 2 heteroatoms. The van der Waals surface area contributed by atoms with Crippen LogP contribution in [0.2, 0.25) is 0 Å². The Morgan fingerprint density at radius 1 is 0.680 bits per heavy atom. The molecular weight excluding hydrogens is 308 g/mol. The summed E-state index contributed by atoms with van der Waals surface area (Å²) in [5.41, 5.74) is 0. The average Bonchev–Trinajstić information content (AvgIpc) is 2.62. The third-order valence-corrected chi connectivity index (χ3v) is 3.99. The molecule has 0 saturated heterocycles. The van der Waals surface area contributed by atoms with Gasteiger partial charge in [0.05, 0.1) is 6.61 Å². The van der Waals surface area contributed by atoms with Gasteiger partial charge in [-0.25, -0.2) is 0 Å². The summed E-state index contributed by atoms with van der Waals surface area (Å²) in [7, 11) is 0. The normalized spacial score (nSPS) is 11.9. The SMILES string of the molecule is CCCCC/C=C/C/C=C/C/C=C/CCCCCCC(=O)OCCC. The van der Waals surface area contributed by atoms with E-state index in [1.165, 1.54) is 38.5 Å². The second-order valence-electron chi connectivity index (χ2n) is 6.55. The van der Waals surface area contributed by atoms with E-state index in [1.807, 2.05) is 6.92 Å². The van der Waals surface area contributed by atoms with E-state index < -0.39 is 0 Å². The molecule has 0 aliphatic heterocycles. The summed E-state index contributed by atoms with van der Waals surface area (Å²) in [5.74, 6) is -0.0377. The minimum absolute atomic E-state index is 0.0377. The first-order chi connectivity index (χ1) is 12.3. The lowest BCUT2D eigenvalue weighted by Gasteiger charge is -2.02. The second kappa shape index (κ2) is 20.7. The zero-order valence-electron chi connectivity index (χ0n) is 16.7. The Morgan fingerprint density at radius 3 is 1.84 bits per heavy atom. The fraction of sp³-hybridized carbons (Fsp3) is 0.696. The molecule has 0 saturated carbocycles. The molecule has 0 fully saturated rings. The average molecular weight is 349 g/mol. The van der Waals surface area contributed by atoms with Gasteiger partial charge >= 0.3 is 5.97 Å². The van der Waals surface area contributed by atoms with Crippen LogP contribution in [-0.4, -0.2) is 12.6 Å². The molecule has 0 unspecified atom stereocenters. The maximum Gasteiger partial charge on any atom is 0.305 e. The van der Waals surface area contributed by atoms with Crippen LogP contribution in [0.4, 0.5) is 0 Å². The Balaban J connectivity index is 3.32. The number of carbonyl (C=O) groups is 1. The standard InChI is InChI=1S/C23H40O2/c1-3-5-6-7-8-9-10-11-12-13-14-15-16-17-18-19-20-21-23(24)25-22-4-2/h8-9,11-12,14-15H,3-7,10,13,16-22H2,1-2H3/b9-8+,12-11+,15-14+. The van der Waals surface area contributed by atoms with Crippen LogP contribution in [0.1, 0.15) is 97.3 Å². The summed E-state index contributed by atoms with van der Waals surface area (Å²) >= 11 is 0. The van der Waals surface area contributed by atoms with Crippen LogP contribution in [-0.2, 0) is 9.53 Å². The molecule has 0 aliphatic carbocycles. The third kappa shape index (κ3) is 20.6. The van der Waals surface area contributed by atoms with Crippen molar-refractivity contribution in [3.05, 3.63) is 36.5 Å². The van der Waals surface area contributed by atoms with Gasteiger partial charge in [-0.05, 0) is 51.4 Å². The molecule has 0 radical (unpaired) electrons. The van der Waals surface area contributed by atoms with Crippen LogP contribution < -0.4 is 0 Å². The first kappa shape index (κ1) is 23.7. The number of unbranched alkanes of at least 4 members (excludes halogenated alkanes) is 7. The molecule has 0 aromatic carbocycles. The molecule has 144 valence electrons. The fourth-order valence-electron chi connectivity index (χ4n) is 2.46. The van der Waals surface area contributed by atoms with E-state index in [4.69, 9.17) is 4.74 Å². The minimum atomic E-state index is -0.0377. The Hall–Kier alpha value is -1.31. The molecule has 0 N–H and O–H groups in total. The first-order valence-electron chi connectivity index (χ1n) is 10.4. The van der Waals surface area contributed by atoms with E-state index in [-0.39, 0.29) is 5.97 Å². The number of rotatable bonds is 17. The van der Waals surface area contributed by atoms with Crippen molar-refractivity contribution in [1.82, 2.24) is 0 Å². The molecule has 0 heterocycles. The number of carbonyl (C=O) groups excluding carboxylic acids is 1. The summed E-state index contributed by atoms with van der Waals surface area (Å²) in [5, 5.41) is 0. The number of hydrogen-bond donors (Lipinski definition) is 0. The van der Waals surface area contributed by atoms with E-state index in [0.717, 1.165) is 38.5 Å². The fourth-order valence-corrected chi connectivity index (χ4v) is 2.46. The highest BCUT2D eigenvalue weighted by Gasteiger charge is 2.00. The molecule has 0 aromatic heterocycles. The molecule has 0 amide bonds. The van der Waals surface area contributed by atoms with Crippen LogP contribution in [0.15, 0.2) is 36.5 Å². The van der Waals surface area contributed by atoms with E-state index >= 15 is 0 Å². The predicted octanol–water partition coefficient (Wildman–Crippen LogP) is 7.31. The largest absolute Gasteiger partial charge is 0.466 e. The van der Waals surface area contributed by atoms with Gasteiger partial charge in [0.2, 0.25) is 0 Å². The highest BCUT2D eigenvalue weighted by atomic mass is 16.5. The minimum Gasteiger partial charge on any atom is -0.466 e. The molecule has 0 aliphatic rings. The summed E-state index contributed by atoms with van der Waals surface area (Å²) in [6.45, 7) is 4.82. The molecule has 0 rings (SSSR count). The summed E-state index contributed by atoms with van der Waals surface area (Å²) in [6.07, 6.45) is 28.0. The van der Waals surface area contributed by atoms with Crippen molar-refractivity contribution in [2.45, 2.75) is 97.3 Å². The maximum atomic E-state index is 11.3. The van der Waals surface area contributed by atoms with Gasteiger partial charge in [-0.1, -0.05) is 76.0 Å². The quantitative estimate of drug-likeness (QED) is 0.156. The van der Waals surface area contributed by atoms with Crippen molar-refractivity contribution in [3.8, 4) is 0 Å². The highest BCUT2D eigenvalue weighted by molar-refractivity contribution is 5.69. The van der Waals surface area contributed by atoms with Crippen molar-refractivity contribution in [1.29, 1.82) is 0 Å². The lowest BCUT2D eigenvalue weighted by Crippen LogP contribution is -2.04. The number of hydrogen-bond acceptors (Lipinski definition) is 2. The van der Waals surface area contributed by atoms with Gasteiger partial charge in [0.25, 0.3) is 0 Å². The number of allylic oxidation sites excluding steroid dienone is 6. The molecule has 0 atom stereocenters. The van der Waals surface area contributed by atoms with Crippen molar-refractivity contribution in [2.75, 3.05) is 6.61 Å². The molecule has 0 aromatic rings. The monoisotopic (exact) mass is 348 g/mol. The zero-order chi connectivity index (χ0) is 18.4. The van der Waals surface area contributed by atoms with Gasteiger partial charge in [-0.15, -0.1) is 0 Å². The van der Waals surface area contributed by atoms with Crippen molar-refractivity contribution in [3.63, 3.8) is 0 Å². The van der Waals surface area contributed by atoms with Crippen molar-refractivity contribution >= 4 is 5.97 Å². The summed E-state index contributed by atoms with van der Waals surface area (Å²) < 4.78 is 5.06. The maximum absolute atomic E-state index is 11.3. The zero-order valence-corrected chi connectivity index (χ0v) is 16.7. The van der Waals surface area contributed by atoms with E-state index in [1.54, 1.807) is 0 Å². The van der Waals surface area contributed by atoms with Gasteiger partial charge in [0.1, 0.15) is 0 Å². The van der Waals surface area contributed by atoms with Crippen LogP contribution in [0.3, 0.4) is 0 Å². The van der Waals surface area contributed by atoms with Gasteiger partial charge in [0, 0.05) is 6.42 Å². The Labute approximate surface area is 156 Å². The molecule has 0 spiro atoms. The van der Waals surface area contributed by atoms with Crippen molar-refractivity contribution in [2.24, 2.45) is 0 Å². The summed E-state index contributed by atoms with van der Waals surface area (Å²) in [4.78, 5) is 11.3. The topological polar surface area (TPSA) is 26.3 Å². The van der Waals surface area contributed by atoms with Crippen molar-refractivity contribution < 1.29 is 9.53 Å². The Morgan fingerprint density at radius 2 is 1.24 bits per heavy atom. The van der Waals surface area contributed by atoms with Crippen LogP contribution in [0.25, 0.3) is 0 Å². The van der Waals surface area contributed by atoms with Crippen LogP contribution in [0, 0.1) is 0 Å². The molecule has 0 bridgehead atoms. The predicted molar refractivity (Wildman–Crippen MR) is 110 cm³/mol. The van der Waals surface area contributed by atoms with Gasteiger partial charge in [-0.2, -0.15) is 0 Å². The number of ether oxygens (including phenoxy) is 1. The van der Waals surface area contributed by atoms with E-state index in [2.05, 4.69) is 43.4 Å². The van der Waals surface area contributed by atoms with Gasteiger partial charge < -0.3 is 4.74 Å². The number of esters is 1. The molecule has 2 nitrogen and oxygen atoms in total. The Kier molecular flexibility index (Phi) is 19.6. The lowest BCUT2D eigenvalue weighted by molar-refractivity contribution is -0.143. The second-order valence-corrected chi connectivity index (χ2v) is 6.55. The Bertz CT molecular complexity index is 366. The molecule has 25 heavy (non-hydrogen) atoms. The lowest BCUT2D eigenvalue weighted by atomic mass is 10.1. The summed E-state index contributed by atoms with van der Waals surface area (Å²) in [6, 6.07) is 0. The van der Waals surface area contributed by atoms with E-state index in [0.29, 0.717) is 13.0 Å². The van der Waals surface area contributed by atoms with Crippen LogP contribution in [0.5, 0.6) is 0 Å². The third-order valence-electron chi connectivity index (χ3n) is 3.99.